The zero-order valence-electron chi connectivity index (χ0n) is 13.4. The van der Waals surface area contributed by atoms with Gasteiger partial charge in [-0.15, -0.1) is 0 Å². The second-order valence-corrected chi connectivity index (χ2v) is 5.68. The molecule has 1 aromatic heterocycles. The second kappa shape index (κ2) is 6.35. The van der Waals surface area contributed by atoms with Crippen molar-refractivity contribution in [3.05, 3.63) is 63.7 Å². The fraction of sp³-hybridized carbons (Fsp3) is 0.389. The summed E-state index contributed by atoms with van der Waals surface area (Å²) >= 11 is 0. The van der Waals surface area contributed by atoms with Crippen molar-refractivity contribution in [2.45, 2.75) is 40.7 Å². The van der Waals surface area contributed by atoms with E-state index in [1.54, 1.807) is 6.07 Å². The quantitative estimate of drug-likeness (QED) is 0.913. The van der Waals surface area contributed by atoms with E-state index in [1.807, 2.05) is 46.9 Å². The number of benzene rings is 1. The summed E-state index contributed by atoms with van der Waals surface area (Å²) < 4.78 is 14.5. The monoisotopic (exact) mass is 286 g/mol. The van der Waals surface area contributed by atoms with Gasteiger partial charge in [0, 0.05) is 11.8 Å². The summed E-state index contributed by atoms with van der Waals surface area (Å²) in [6.07, 6.45) is 1.84. The lowest BCUT2D eigenvalue weighted by atomic mass is 9.93. The van der Waals surface area contributed by atoms with Crippen LogP contribution < -0.4 is 5.32 Å². The molecule has 2 nitrogen and oxygen atoms in total. The number of nitrogens with one attached hydrogen (secondary N) is 1. The van der Waals surface area contributed by atoms with E-state index >= 15 is 0 Å². The van der Waals surface area contributed by atoms with Gasteiger partial charge in [-0.05, 0) is 62.6 Å². The van der Waals surface area contributed by atoms with Crippen LogP contribution in [0.4, 0.5) is 4.39 Å². The summed E-state index contributed by atoms with van der Waals surface area (Å²) in [4.78, 5) is 4.55. The van der Waals surface area contributed by atoms with Crippen LogP contribution in [0, 0.1) is 33.5 Å². The van der Waals surface area contributed by atoms with Crippen molar-refractivity contribution in [2.24, 2.45) is 0 Å². The summed E-state index contributed by atoms with van der Waals surface area (Å²) in [5.41, 5.74) is 5.70. The second-order valence-electron chi connectivity index (χ2n) is 5.68. The predicted molar refractivity (Wildman–Crippen MR) is 85.1 cm³/mol. The molecule has 0 aliphatic heterocycles. The smallest absolute Gasteiger partial charge is 0.128 e. The number of hydrogen-bond donors (Lipinski definition) is 1. The van der Waals surface area contributed by atoms with Gasteiger partial charge in [-0.1, -0.05) is 19.1 Å². The Balaban J connectivity index is 2.59. The summed E-state index contributed by atoms with van der Waals surface area (Å²) in [5.74, 6) is -0.166. The van der Waals surface area contributed by atoms with Crippen molar-refractivity contribution in [3.8, 4) is 0 Å². The number of pyridine rings is 1. The normalized spacial score (nSPS) is 12.5. The van der Waals surface area contributed by atoms with Crippen LogP contribution >= 0.6 is 0 Å². The van der Waals surface area contributed by atoms with Gasteiger partial charge in [0.25, 0.3) is 0 Å². The average Bonchev–Trinajstić information content (AvgIpc) is 2.37. The highest BCUT2D eigenvalue weighted by Crippen LogP contribution is 2.29. The largest absolute Gasteiger partial charge is 0.305 e. The molecule has 0 saturated carbocycles. The van der Waals surface area contributed by atoms with E-state index in [2.05, 4.69) is 16.4 Å². The Morgan fingerprint density at radius 2 is 1.71 bits per heavy atom. The fourth-order valence-corrected chi connectivity index (χ4v) is 2.86. The molecular weight excluding hydrogens is 263 g/mol. The molecular formula is C18H23FN2. The summed E-state index contributed by atoms with van der Waals surface area (Å²) in [7, 11) is 0. The number of aromatic nitrogens is 1. The van der Waals surface area contributed by atoms with E-state index in [-0.39, 0.29) is 11.9 Å². The highest BCUT2D eigenvalue weighted by atomic mass is 19.1. The number of nitrogens with zero attached hydrogens (tertiary/aromatic N) is 1. The van der Waals surface area contributed by atoms with Gasteiger partial charge in [0.2, 0.25) is 0 Å². The van der Waals surface area contributed by atoms with Gasteiger partial charge in [0.05, 0.1) is 11.7 Å². The molecule has 21 heavy (non-hydrogen) atoms. The predicted octanol–water partition coefficient (Wildman–Crippen LogP) is 4.15. The SMILES string of the molecule is CCNC(c1ncc(C)cc1C)c1c(C)cc(C)cc1F. The first kappa shape index (κ1) is 15.6. The van der Waals surface area contributed by atoms with Crippen molar-refractivity contribution < 1.29 is 4.39 Å². The van der Waals surface area contributed by atoms with Gasteiger partial charge >= 0.3 is 0 Å². The maximum absolute atomic E-state index is 14.5. The first-order valence-electron chi connectivity index (χ1n) is 7.37. The highest BCUT2D eigenvalue weighted by Gasteiger charge is 2.22. The molecule has 0 aliphatic rings. The maximum atomic E-state index is 14.5. The van der Waals surface area contributed by atoms with Crippen molar-refractivity contribution in [3.63, 3.8) is 0 Å². The number of aryl methyl sites for hydroxylation is 4. The molecule has 0 spiro atoms. The van der Waals surface area contributed by atoms with Gasteiger partial charge in [-0.2, -0.15) is 0 Å². The average molecular weight is 286 g/mol. The summed E-state index contributed by atoms with van der Waals surface area (Å²) in [6.45, 7) is 10.7. The molecule has 2 aromatic rings. The minimum absolute atomic E-state index is 0.166. The van der Waals surface area contributed by atoms with Gasteiger partial charge in [-0.3, -0.25) is 4.98 Å². The van der Waals surface area contributed by atoms with Crippen LogP contribution in [-0.2, 0) is 0 Å². The number of rotatable bonds is 4. The van der Waals surface area contributed by atoms with Crippen molar-refractivity contribution in [1.29, 1.82) is 0 Å². The molecule has 112 valence electrons. The first-order chi connectivity index (χ1) is 9.93. The molecule has 0 aliphatic carbocycles. The van der Waals surface area contributed by atoms with E-state index in [4.69, 9.17) is 0 Å². The Labute approximate surface area is 126 Å². The Kier molecular flexibility index (Phi) is 4.73. The molecule has 1 N–H and O–H groups in total. The molecule has 2 rings (SSSR count). The molecule has 1 unspecified atom stereocenters. The molecule has 0 fully saturated rings. The zero-order valence-corrected chi connectivity index (χ0v) is 13.4. The third-order valence-corrected chi connectivity index (χ3v) is 3.71. The van der Waals surface area contributed by atoms with Crippen LogP contribution in [0.15, 0.2) is 24.4 Å². The first-order valence-corrected chi connectivity index (χ1v) is 7.37. The van der Waals surface area contributed by atoms with Crippen LogP contribution in [0.25, 0.3) is 0 Å². The Bertz CT molecular complexity index is 627. The standard InChI is InChI=1S/C18H23FN2/c1-6-20-18(17-14(5)8-12(3)10-21-17)16-13(4)7-11(2)9-15(16)19/h7-10,18,20H,6H2,1-5H3. The van der Waals surface area contributed by atoms with E-state index in [9.17, 15) is 4.39 Å². The van der Waals surface area contributed by atoms with Crippen molar-refractivity contribution >= 4 is 0 Å². The third kappa shape index (κ3) is 3.30. The van der Waals surface area contributed by atoms with E-state index < -0.39 is 0 Å². The topological polar surface area (TPSA) is 24.9 Å². The number of halogens is 1. The van der Waals surface area contributed by atoms with Crippen LogP contribution in [0.2, 0.25) is 0 Å². The van der Waals surface area contributed by atoms with Crippen molar-refractivity contribution in [2.75, 3.05) is 6.54 Å². The van der Waals surface area contributed by atoms with Crippen molar-refractivity contribution in [1.82, 2.24) is 10.3 Å². The molecule has 1 atom stereocenters. The van der Waals surface area contributed by atoms with Gasteiger partial charge in [0.15, 0.2) is 0 Å². The molecule has 3 heteroatoms. The highest BCUT2D eigenvalue weighted by molar-refractivity contribution is 5.40. The maximum Gasteiger partial charge on any atom is 0.128 e. The third-order valence-electron chi connectivity index (χ3n) is 3.71. The molecule has 0 radical (unpaired) electrons. The van der Waals surface area contributed by atoms with Gasteiger partial charge in [-0.25, -0.2) is 4.39 Å². The van der Waals surface area contributed by atoms with Crippen LogP contribution in [0.1, 0.15) is 46.5 Å². The lowest BCUT2D eigenvalue weighted by Crippen LogP contribution is -2.25. The summed E-state index contributed by atoms with van der Waals surface area (Å²) in [6, 6.07) is 5.49. The molecule has 1 aromatic carbocycles. The van der Waals surface area contributed by atoms with E-state index in [0.29, 0.717) is 5.56 Å². The van der Waals surface area contributed by atoms with Crippen LogP contribution in [-0.4, -0.2) is 11.5 Å². The van der Waals surface area contributed by atoms with E-state index in [0.717, 1.165) is 34.5 Å². The van der Waals surface area contributed by atoms with Crippen LogP contribution in [0.3, 0.4) is 0 Å². The number of hydrogen-bond acceptors (Lipinski definition) is 2. The zero-order chi connectivity index (χ0) is 15.6. The fourth-order valence-electron chi connectivity index (χ4n) is 2.86. The molecule has 0 amide bonds. The molecule has 1 heterocycles. The van der Waals surface area contributed by atoms with E-state index in [1.165, 1.54) is 0 Å². The van der Waals surface area contributed by atoms with Gasteiger partial charge in [0.1, 0.15) is 5.82 Å². The van der Waals surface area contributed by atoms with Crippen LogP contribution in [0.5, 0.6) is 0 Å². The van der Waals surface area contributed by atoms with Gasteiger partial charge < -0.3 is 5.32 Å². The Morgan fingerprint density at radius 3 is 2.29 bits per heavy atom. The minimum Gasteiger partial charge on any atom is -0.305 e. The minimum atomic E-state index is -0.212. The lowest BCUT2D eigenvalue weighted by molar-refractivity contribution is 0.546. The summed E-state index contributed by atoms with van der Waals surface area (Å²) in [5, 5.41) is 3.37. The lowest BCUT2D eigenvalue weighted by Gasteiger charge is -2.23. The Morgan fingerprint density at radius 1 is 1.05 bits per heavy atom. The molecule has 0 saturated heterocycles. The molecule has 0 bridgehead atoms. The Hall–Kier alpha value is -1.74.